The Morgan fingerprint density at radius 3 is 3.05 bits per heavy atom. The molecular weight excluding hydrogens is 280 g/mol. The Bertz CT molecular complexity index is 564. The molecule has 2 saturated carbocycles. The number of rotatable bonds is 3. The van der Waals surface area contributed by atoms with Gasteiger partial charge in [0.15, 0.2) is 0 Å². The molecule has 120 valence electrons. The maximum atomic E-state index is 6.05. The molecule has 1 aromatic heterocycles. The molecule has 2 aliphatic carbocycles. The number of ether oxygens (including phenoxy) is 2. The van der Waals surface area contributed by atoms with Crippen LogP contribution in [0.2, 0.25) is 0 Å². The molecule has 22 heavy (non-hydrogen) atoms. The Balaban J connectivity index is 1.32. The fourth-order valence-corrected chi connectivity index (χ4v) is 5.43. The Morgan fingerprint density at radius 1 is 1.23 bits per heavy atom. The van der Waals surface area contributed by atoms with Crippen LogP contribution in [0.3, 0.4) is 0 Å². The van der Waals surface area contributed by atoms with Crippen molar-refractivity contribution in [2.24, 2.45) is 11.3 Å². The summed E-state index contributed by atoms with van der Waals surface area (Å²) in [4.78, 5) is 0. The highest BCUT2D eigenvalue weighted by Gasteiger charge is 2.64. The number of nitrogens with zero attached hydrogens (tertiary/aromatic N) is 1. The lowest BCUT2D eigenvalue weighted by Gasteiger charge is -2.57. The van der Waals surface area contributed by atoms with Crippen LogP contribution in [0.5, 0.6) is 0 Å². The first-order valence-electron chi connectivity index (χ1n) is 8.77. The molecule has 0 bridgehead atoms. The van der Waals surface area contributed by atoms with Crippen molar-refractivity contribution in [2.45, 2.75) is 63.8 Å². The molecule has 5 nitrogen and oxygen atoms in total. The van der Waals surface area contributed by atoms with Gasteiger partial charge in [0.25, 0.3) is 0 Å². The van der Waals surface area contributed by atoms with Crippen LogP contribution in [0, 0.1) is 11.3 Å². The van der Waals surface area contributed by atoms with Crippen LogP contribution in [0.4, 0.5) is 0 Å². The molecule has 1 unspecified atom stereocenters. The van der Waals surface area contributed by atoms with Gasteiger partial charge in [0, 0.05) is 42.5 Å². The summed E-state index contributed by atoms with van der Waals surface area (Å²) < 4.78 is 17.1. The predicted octanol–water partition coefficient (Wildman–Crippen LogP) is 2.18. The number of hydrogen-bond acceptors (Lipinski definition) is 5. The molecule has 5 heteroatoms. The first-order chi connectivity index (χ1) is 10.9. The smallest absolute Gasteiger partial charge is 0.144 e. The lowest BCUT2D eigenvalue weighted by molar-refractivity contribution is -0.131. The monoisotopic (exact) mass is 304 g/mol. The number of fused-ring (bicyclic) bond motifs is 3. The molecule has 5 rings (SSSR count). The van der Waals surface area contributed by atoms with E-state index in [9.17, 15) is 0 Å². The third-order valence-electron chi connectivity index (χ3n) is 6.45. The lowest BCUT2D eigenvalue weighted by atomic mass is 9.54. The SMILES string of the molecule is C1CCC2(C1)C(NCc1noc3c1COCC3)[C@@H]1CCO[C@@H]12. The van der Waals surface area contributed by atoms with Crippen molar-refractivity contribution in [1.82, 2.24) is 10.5 Å². The van der Waals surface area contributed by atoms with Gasteiger partial charge in [-0.15, -0.1) is 0 Å². The van der Waals surface area contributed by atoms with Crippen LogP contribution < -0.4 is 5.32 Å². The molecule has 3 fully saturated rings. The van der Waals surface area contributed by atoms with Crippen molar-refractivity contribution < 1.29 is 14.0 Å². The van der Waals surface area contributed by atoms with Crippen molar-refractivity contribution in [3.05, 3.63) is 17.0 Å². The standard InChI is InChI=1S/C17H24N2O3/c1-2-6-17(5-1)15(11-3-8-21-16(11)17)18-9-13-12-10-20-7-4-14(12)22-19-13/h11,15-16,18H,1-10H2/t11-,15?,16-/m0/s1. The highest BCUT2D eigenvalue weighted by Crippen LogP contribution is 2.60. The zero-order valence-electron chi connectivity index (χ0n) is 13.0. The predicted molar refractivity (Wildman–Crippen MR) is 79.2 cm³/mol. The molecular formula is C17H24N2O3. The largest absolute Gasteiger partial charge is 0.377 e. The van der Waals surface area contributed by atoms with Crippen LogP contribution in [-0.4, -0.2) is 30.5 Å². The second-order valence-electron chi connectivity index (χ2n) is 7.38. The first kappa shape index (κ1) is 13.5. The van der Waals surface area contributed by atoms with Crippen LogP contribution in [0.25, 0.3) is 0 Å². The van der Waals surface area contributed by atoms with E-state index in [0.717, 1.165) is 37.6 Å². The minimum absolute atomic E-state index is 0.404. The van der Waals surface area contributed by atoms with Crippen molar-refractivity contribution in [2.75, 3.05) is 13.2 Å². The second kappa shape index (κ2) is 5.05. The van der Waals surface area contributed by atoms with Crippen LogP contribution in [0.15, 0.2) is 4.52 Å². The van der Waals surface area contributed by atoms with E-state index in [0.29, 0.717) is 30.1 Å². The summed E-state index contributed by atoms with van der Waals surface area (Å²) in [5.41, 5.74) is 2.63. The summed E-state index contributed by atoms with van der Waals surface area (Å²) in [6, 6.07) is 0.597. The van der Waals surface area contributed by atoms with Crippen LogP contribution in [-0.2, 0) is 29.0 Å². The molecule has 1 saturated heterocycles. The number of hydrogen-bond donors (Lipinski definition) is 1. The van der Waals surface area contributed by atoms with Gasteiger partial charge in [0.2, 0.25) is 0 Å². The summed E-state index contributed by atoms with van der Waals surface area (Å²) in [6.07, 6.45) is 7.95. The van der Waals surface area contributed by atoms with Gasteiger partial charge in [-0.25, -0.2) is 0 Å². The molecule has 0 amide bonds. The highest BCUT2D eigenvalue weighted by atomic mass is 16.5. The molecule has 1 aromatic rings. The summed E-state index contributed by atoms with van der Waals surface area (Å²) in [5, 5.41) is 8.10. The minimum atomic E-state index is 0.404. The van der Waals surface area contributed by atoms with Crippen LogP contribution >= 0.6 is 0 Å². The molecule has 0 aromatic carbocycles. The zero-order valence-corrected chi connectivity index (χ0v) is 13.0. The average Bonchev–Trinajstić information content (AvgIpc) is 3.26. The van der Waals surface area contributed by atoms with Gasteiger partial charge in [0.1, 0.15) is 11.5 Å². The van der Waals surface area contributed by atoms with E-state index >= 15 is 0 Å². The zero-order chi connectivity index (χ0) is 14.6. The molecule has 0 radical (unpaired) electrons. The fourth-order valence-electron chi connectivity index (χ4n) is 5.43. The molecule has 4 aliphatic rings. The molecule has 1 spiro atoms. The normalized spacial score (nSPS) is 35.4. The van der Waals surface area contributed by atoms with E-state index in [-0.39, 0.29) is 0 Å². The molecule has 1 N–H and O–H groups in total. The maximum absolute atomic E-state index is 6.05. The van der Waals surface area contributed by atoms with Gasteiger partial charge in [-0.2, -0.15) is 0 Å². The summed E-state index contributed by atoms with van der Waals surface area (Å²) in [6.45, 7) is 3.16. The Hall–Kier alpha value is -0.910. The Morgan fingerprint density at radius 2 is 2.14 bits per heavy atom. The summed E-state index contributed by atoms with van der Waals surface area (Å²) >= 11 is 0. The van der Waals surface area contributed by atoms with E-state index in [4.69, 9.17) is 14.0 Å². The van der Waals surface area contributed by atoms with Gasteiger partial charge >= 0.3 is 0 Å². The third kappa shape index (κ3) is 1.79. The maximum Gasteiger partial charge on any atom is 0.144 e. The van der Waals surface area contributed by atoms with Gasteiger partial charge in [-0.05, 0) is 19.3 Å². The van der Waals surface area contributed by atoms with Crippen molar-refractivity contribution in [1.29, 1.82) is 0 Å². The quantitative estimate of drug-likeness (QED) is 0.927. The van der Waals surface area contributed by atoms with Gasteiger partial charge < -0.3 is 19.3 Å². The molecule has 3 atom stereocenters. The van der Waals surface area contributed by atoms with Gasteiger partial charge in [-0.1, -0.05) is 18.0 Å². The number of nitrogens with one attached hydrogen (secondary N) is 1. The van der Waals surface area contributed by atoms with Gasteiger partial charge in [0.05, 0.1) is 19.3 Å². The van der Waals surface area contributed by atoms with Crippen molar-refractivity contribution in [3.8, 4) is 0 Å². The summed E-state index contributed by atoms with van der Waals surface area (Å²) in [5.74, 6) is 1.73. The lowest BCUT2D eigenvalue weighted by Crippen LogP contribution is -2.67. The van der Waals surface area contributed by atoms with Gasteiger partial charge in [-0.3, -0.25) is 0 Å². The minimum Gasteiger partial charge on any atom is -0.377 e. The topological polar surface area (TPSA) is 56.5 Å². The van der Waals surface area contributed by atoms with Crippen molar-refractivity contribution >= 4 is 0 Å². The van der Waals surface area contributed by atoms with E-state index in [1.54, 1.807) is 0 Å². The van der Waals surface area contributed by atoms with Crippen LogP contribution in [0.1, 0.15) is 49.1 Å². The van der Waals surface area contributed by atoms with Crippen molar-refractivity contribution in [3.63, 3.8) is 0 Å². The van der Waals surface area contributed by atoms with E-state index in [2.05, 4.69) is 10.5 Å². The third-order valence-corrected chi connectivity index (χ3v) is 6.45. The Labute approximate surface area is 130 Å². The van der Waals surface area contributed by atoms with E-state index in [1.165, 1.54) is 37.7 Å². The fraction of sp³-hybridized carbons (Fsp3) is 0.824. The molecule has 2 aliphatic heterocycles. The summed E-state index contributed by atoms with van der Waals surface area (Å²) in [7, 11) is 0. The number of aromatic nitrogens is 1. The second-order valence-corrected chi connectivity index (χ2v) is 7.38. The molecule has 3 heterocycles. The van der Waals surface area contributed by atoms with E-state index in [1.807, 2.05) is 0 Å². The van der Waals surface area contributed by atoms with E-state index < -0.39 is 0 Å². The highest BCUT2D eigenvalue weighted by molar-refractivity contribution is 5.24. The average molecular weight is 304 g/mol. The first-order valence-corrected chi connectivity index (χ1v) is 8.77. The Kier molecular flexibility index (Phi) is 3.10.